The second-order valence-electron chi connectivity index (χ2n) is 3.42. The third-order valence-corrected chi connectivity index (χ3v) is 3.89. The highest BCUT2D eigenvalue weighted by Crippen LogP contribution is 2.33. The molecular formula is C11H10BrN3OS. The molecule has 0 amide bonds. The molecule has 17 heavy (non-hydrogen) atoms. The normalized spacial score (nSPS) is 10.5. The van der Waals surface area contributed by atoms with Crippen LogP contribution in [0.4, 0.5) is 0 Å². The van der Waals surface area contributed by atoms with Crippen LogP contribution in [0.3, 0.4) is 0 Å². The molecule has 1 aromatic heterocycles. The number of hydrogen-bond donors (Lipinski definition) is 2. The summed E-state index contributed by atoms with van der Waals surface area (Å²) < 4.78 is 6.13. The number of halogens is 1. The summed E-state index contributed by atoms with van der Waals surface area (Å²) in [6, 6.07) is 5.48. The van der Waals surface area contributed by atoms with Crippen molar-refractivity contribution >= 4 is 33.5 Å². The Balaban J connectivity index is 2.25. The molecule has 0 atom stereocenters. The number of nitrogens with two attached hydrogens (primary N) is 1. The number of aromatic nitrogens is 1. The van der Waals surface area contributed by atoms with Crippen LogP contribution in [0.5, 0.6) is 0 Å². The van der Waals surface area contributed by atoms with Crippen LogP contribution in [0.25, 0.3) is 0 Å². The second-order valence-corrected chi connectivity index (χ2v) is 5.26. The van der Waals surface area contributed by atoms with Gasteiger partial charge in [0.15, 0.2) is 0 Å². The lowest BCUT2D eigenvalue weighted by atomic mass is 10.2. The zero-order valence-electron chi connectivity index (χ0n) is 9.03. The first-order valence-corrected chi connectivity index (χ1v) is 6.41. The molecule has 0 aliphatic carbocycles. The van der Waals surface area contributed by atoms with E-state index in [9.17, 15) is 0 Å². The van der Waals surface area contributed by atoms with Crippen molar-refractivity contribution < 1.29 is 4.42 Å². The van der Waals surface area contributed by atoms with Gasteiger partial charge in [-0.1, -0.05) is 6.07 Å². The quantitative estimate of drug-likeness (QED) is 0.674. The summed E-state index contributed by atoms with van der Waals surface area (Å²) in [4.78, 5) is 5.18. The van der Waals surface area contributed by atoms with Crippen molar-refractivity contribution in [2.45, 2.75) is 17.0 Å². The number of aryl methyl sites for hydroxylation is 1. The van der Waals surface area contributed by atoms with Gasteiger partial charge in [-0.15, -0.1) is 0 Å². The highest BCUT2D eigenvalue weighted by molar-refractivity contribution is 9.10. The topological polar surface area (TPSA) is 75.9 Å². The zero-order valence-corrected chi connectivity index (χ0v) is 11.4. The minimum Gasteiger partial charge on any atom is -0.439 e. The van der Waals surface area contributed by atoms with Crippen LogP contribution in [-0.4, -0.2) is 10.8 Å². The number of nitrogens with one attached hydrogen (secondary N) is 1. The molecule has 1 heterocycles. The molecule has 0 aliphatic rings. The highest BCUT2D eigenvalue weighted by atomic mass is 79.9. The summed E-state index contributed by atoms with van der Waals surface area (Å²) in [5.41, 5.74) is 6.95. The van der Waals surface area contributed by atoms with Crippen molar-refractivity contribution in [2.24, 2.45) is 5.73 Å². The number of hydrogen-bond acceptors (Lipinski definition) is 4. The predicted octanol–water partition coefficient (Wildman–Crippen LogP) is 3.18. The van der Waals surface area contributed by atoms with Crippen LogP contribution in [0.1, 0.15) is 11.3 Å². The van der Waals surface area contributed by atoms with Crippen LogP contribution < -0.4 is 5.73 Å². The van der Waals surface area contributed by atoms with Crippen molar-refractivity contribution in [1.29, 1.82) is 5.41 Å². The van der Waals surface area contributed by atoms with E-state index in [2.05, 4.69) is 20.9 Å². The standard InChI is InChI=1S/C11H10BrN3OS/c1-6-5-16-11(15-6)17-9-3-2-7(10(13)14)4-8(9)12/h2-5H,1H3,(H3,13,14). The third-order valence-electron chi connectivity index (χ3n) is 2.04. The van der Waals surface area contributed by atoms with E-state index >= 15 is 0 Å². The molecule has 0 saturated heterocycles. The van der Waals surface area contributed by atoms with Gasteiger partial charge in [-0.05, 0) is 46.7 Å². The number of nitrogen functional groups attached to an aromatic ring is 1. The van der Waals surface area contributed by atoms with Crippen molar-refractivity contribution in [3.63, 3.8) is 0 Å². The Kier molecular flexibility index (Phi) is 3.54. The molecule has 0 radical (unpaired) electrons. The van der Waals surface area contributed by atoms with E-state index < -0.39 is 0 Å². The Hall–Kier alpha value is -1.27. The van der Waals surface area contributed by atoms with E-state index in [0.717, 1.165) is 15.1 Å². The number of nitrogens with zero attached hydrogens (tertiary/aromatic N) is 1. The predicted molar refractivity (Wildman–Crippen MR) is 70.5 cm³/mol. The van der Waals surface area contributed by atoms with Gasteiger partial charge in [0.2, 0.25) is 0 Å². The summed E-state index contributed by atoms with van der Waals surface area (Å²) in [6.45, 7) is 1.88. The summed E-state index contributed by atoms with van der Waals surface area (Å²) in [5, 5.41) is 7.94. The maximum atomic E-state index is 7.35. The smallest absolute Gasteiger partial charge is 0.260 e. The van der Waals surface area contributed by atoms with Crippen molar-refractivity contribution in [2.75, 3.05) is 0 Å². The van der Waals surface area contributed by atoms with Crippen LogP contribution in [0.2, 0.25) is 0 Å². The minimum atomic E-state index is 0.0502. The number of oxazole rings is 1. The van der Waals surface area contributed by atoms with E-state index in [1.54, 1.807) is 18.4 Å². The molecule has 4 nitrogen and oxygen atoms in total. The van der Waals surface area contributed by atoms with Gasteiger partial charge in [-0.2, -0.15) is 0 Å². The molecule has 0 bridgehead atoms. The first-order valence-electron chi connectivity index (χ1n) is 4.80. The molecule has 0 spiro atoms. The Morgan fingerprint density at radius 3 is 2.82 bits per heavy atom. The lowest BCUT2D eigenvalue weighted by Gasteiger charge is -2.03. The molecule has 1 aromatic carbocycles. The number of amidine groups is 1. The van der Waals surface area contributed by atoms with Gasteiger partial charge in [-0.25, -0.2) is 4.98 Å². The highest BCUT2D eigenvalue weighted by Gasteiger charge is 2.08. The van der Waals surface area contributed by atoms with Crippen LogP contribution in [-0.2, 0) is 0 Å². The van der Waals surface area contributed by atoms with Crippen molar-refractivity contribution in [3.8, 4) is 0 Å². The SMILES string of the molecule is Cc1coc(Sc2ccc(C(=N)N)cc2Br)n1. The molecule has 2 rings (SSSR count). The molecule has 3 N–H and O–H groups in total. The molecule has 0 saturated carbocycles. The maximum Gasteiger partial charge on any atom is 0.260 e. The average molecular weight is 312 g/mol. The van der Waals surface area contributed by atoms with Crippen molar-refractivity contribution in [3.05, 3.63) is 40.2 Å². The van der Waals surface area contributed by atoms with Crippen LogP contribution >= 0.6 is 27.7 Å². The molecule has 0 fully saturated rings. The summed E-state index contributed by atoms with van der Waals surface area (Å²) in [7, 11) is 0. The third kappa shape index (κ3) is 2.89. The van der Waals surface area contributed by atoms with Gasteiger partial charge in [0.05, 0.1) is 5.69 Å². The monoisotopic (exact) mass is 311 g/mol. The molecule has 6 heteroatoms. The van der Waals surface area contributed by atoms with Gasteiger partial charge < -0.3 is 10.2 Å². The number of benzene rings is 1. The Morgan fingerprint density at radius 1 is 1.53 bits per heavy atom. The maximum absolute atomic E-state index is 7.35. The van der Waals surface area contributed by atoms with Gasteiger partial charge in [0, 0.05) is 14.9 Å². The summed E-state index contributed by atoms with van der Waals surface area (Å²) >= 11 is 4.86. The van der Waals surface area contributed by atoms with Gasteiger partial charge in [-0.3, -0.25) is 5.41 Å². The minimum absolute atomic E-state index is 0.0502. The largest absolute Gasteiger partial charge is 0.439 e. The Morgan fingerprint density at radius 2 is 2.29 bits per heavy atom. The van der Waals surface area contributed by atoms with E-state index in [-0.39, 0.29) is 5.84 Å². The van der Waals surface area contributed by atoms with E-state index in [4.69, 9.17) is 15.6 Å². The second kappa shape index (κ2) is 4.93. The lowest BCUT2D eigenvalue weighted by Crippen LogP contribution is -2.10. The summed E-state index contributed by atoms with van der Waals surface area (Å²) in [6.07, 6.45) is 1.61. The Labute approximate surface area is 111 Å². The zero-order chi connectivity index (χ0) is 12.4. The molecular weight excluding hydrogens is 302 g/mol. The van der Waals surface area contributed by atoms with Gasteiger partial charge in [0.1, 0.15) is 12.1 Å². The van der Waals surface area contributed by atoms with E-state index in [1.807, 2.05) is 13.0 Å². The fourth-order valence-electron chi connectivity index (χ4n) is 1.22. The molecule has 0 unspecified atom stereocenters. The lowest BCUT2D eigenvalue weighted by molar-refractivity contribution is 0.454. The summed E-state index contributed by atoms with van der Waals surface area (Å²) in [5.74, 6) is 0.0502. The fraction of sp³-hybridized carbons (Fsp3) is 0.0909. The van der Waals surface area contributed by atoms with Crippen LogP contribution in [0, 0.1) is 12.3 Å². The van der Waals surface area contributed by atoms with Gasteiger partial charge >= 0.3 is 0 Å². The van der Waals surface area contributed by atoms with Crippen molar-refractivity contribution in [1.82, 2.24) is 4.98 Å². The first-order chi connectivity index (χ1) is 8.06. The Bertz CT molecular complexity index is 568. The number of rotatable bonds is 3. The fourth-order valence-corrected chi connectivity index (χ4v) is 2.61. The van der Waals surface area contributed by atoms with Crippen LogP contribution in [0.15, 0.2) is 43.5 Å². The van der Waals surface area contributed by atoms with E-state index in [0.29, 0.717) is 10.8 Å². The van der Waals surface area contributed by atoms with Gasteiger partial charge in [0.25, 0.3) is 5.22 Å². The first kappa shape index (κ1) is 12.2. The van der Waals surface area contributed by atoms with E-state index in [1.165, 1.54) is 11.8 Å². The molecule has 0 aliphatic heterocycles. The molecule has 88 valence electrons. The molecule has 2 aromatic rings. The average Bonchev–Trinajstić information content (AvgIpc) is 2.67.